The third-order valence-corrected chi connectivity index (χ3v) is 3.40. The molecule has 1 aromatic carbocycles. The van der Waals surface area contributed by atoms with Crippen molar-refractivity contribution < 1.29 is 4.74 Å². The highest BCUT2D eigenvalue weighted by atomic mass is 16.5. The van der Waals surface area contributed by atoms with Crippen molar-refractivity contribution >= 4 is 0 Å². The number of aryl methyl sites for hydroxylation is 2. The van der Waals surface area contributed by atoms with Gasteiger partial charge in [0.15, 0.2) is 0 Å². The molecule has 0 aliphatic rings. The molecule has 2 nitrogen and oxygen atoms in total. The van der Waals surface area contributed by atoms with Crippen LogP contribution in [0.3, 0.4) is 0 Å². The molecule has 1 N–H and O–H groups in total. The summed E-state index contributed by atoms with van der Waals surface area (Å²) in [6, 6.07) is 6.89. The maximum atomic E-state index is 5.81. The second-order valence-electron chi connectivity index (χ2n) is 4.74. The van der Waals surface area contributed by atoms with Crippen LogP contribution in [0.2, 0.25) is 0 Å². The normalized spacial score (nSPS) is 14.6. The number of benzene rings is 1. The van der Waals surface area contributed by atoms with Gasteiger partial charge in [0.25, 0.3) is 0 Å². The van der Waals surface area contributed by atoms with Crippen molar-refractivity contribution in [2.45, 2.75) is 46.3 Å². The van der Waals surface area contributed by atoms with Crippen LogP contribution in [0, 0.1) is 13.8 Å². The quantitative estimate of drug-likeness (QED) is 0.816. The molecule has 0 heterocycles. The topological polar surface area (TPSA) is 21.3 Å². The van der Waals surface area contributed by atoms with Gasteiger partial charge in [-0.15, -0.1) is 0 Å². The Morgan fingerprint density at radius 1 is 1.24 bits per heavy atom. The van der Waals surface area contributed by atoms with Gasteiger partial charge in [-0.1, -0.05) is 25.1 Å². The third kappa shape index (κ3) is 4.14. The van der Waals surface area contributed by atoms with Crippen molar-refractivity contribution in [3.8, 4) is 0 Å². The maximum absolute atomic E-state index is 5.81. The summed E-state index contributed by atoms with van der Waals surface area (Å²) >= 11 is 0. The predicted molar refractivity (Wildman–Crippen MR) is 73.4 cm³/mol. The van der Waals surface area contributed by atoms with Gasteiger partial charge in [0.2, 0.25) is 0 Å². The van der Waals surface area contributed by atoms with Crippen molar-refractivity contribution in [3.05, 3.63) is 34.9 Å². The molecular formula is C15H25NO. The highest BCUT2D eigenvalue weighted by Crippen LogP contribution is 2.18. The van der Waals surface area contributed by atoms with Crippen LogP contribution >= 0.6 is 0 Å². The minimum Gasteiger partial charge on any atom is -0.377 e. The zero-order valence-corrected chi connectivity index (χ0v) is 11.7. The number of rotatable bonds is 6. The van der Waals surface area contributed by atoms with Crippen molar-refractivity contribution in [1.82, 2.24) is 5.32 Å². The zero-order valence-electron chi connectivity index (χ0n) is 11.7. The van der Waals surface area contributed by atoms with E-state index in [1.807, 2.05) is 7.05 Å². The fraction of sp³-hybridized carbons (Fsp3) is 0.600. The molecule has 2 heteroatoms. The van der Waals surface area contributed by atoms with E-state index in [0.717, 1.165) is 13.0 Å². The van der Waals surface area contributed by atoms with E-state index >= 15 is 0 Å². The molecule has 1 aromatic rings. The summed E-state index contributed by atoms with van der Waals surface area (Å²) < 4.78 is 5.81. The van der Waals surface area contributed by atoms with Crippen LogP contribution in [0.25, 0.3) is 0 Å². The first-order valence-electron chi connectivity index (χ1n) is 6.44. The van der Waals surface area contributed by atoms with Crippen molar-refractivity contribution in [2.24, 2.45) is 0 Å². The Morgan fingerprint density at radius 3 is 2.47 bits per heavy atom. The Morgan fingerprint density at radius 2 is 1.94 bits per heavy atom. The SMILES string of the molecule is CCC(C)OCC(NC)c1ccc(C)c(C)c1. The van der Waals surface area contributed by atoms with Crippen molar-refractivity contribution in [3.63, 3.8) is 0 Å². The summed E-state index contributed by atoms with van der Waals surface area (Å²) in [7, 11) is 1.99. The van der Waals surface area contributed by atoms with Crippen LogP contribution < -0.4 is 5.32 Å². The molecule has 17 heavy (non-hydrogen) atoms. The van der Waals surface area contributed by atoms with Crippen LogP contribution in [0.4, 0.5) is 0 Å². The molecule has 96 valence electrons. The van der Waals surface area contributed by atoms with Gasteiger partial charge in [-0.2, -0.15) is 0 Å². The maximum Gasteiger partial charge on any atom is 0.0665 e. The number of likely N-dealkylation sites (N-methyl/N-ethyl adjacent to an activating group) is 1. The molecule has 2 unspecified atom stereocenters. The van der Waals surface area contributed by atoms with E-state index in [9.17, 15) is 0 Å². The lowest BCUT2D eigenvalue weighted by molar-refractivity contribution is 0.0487. The molecule has 0 radical (unpaired) electrons. The molecular weight excluding hydrogens is 210 g/mol. The molecule has 0 bridgehead atoms. The Bertz CT molecular complexity index is 349. The molecule has 0 spiro atoms. The Kier molecular flexibility index (Phi) is 5.66. The Hall–Kier alpha value is -0.860. The lowest BCUT2D eigenvalue weighted by atomic mass is 10.0. The van der Waals surface area contributed by atoms with Crippen LogP contribution in [0.5, 0.6) is 0 Å². The summed E-state index contributed by atoms with van der Waals surface area (Å²) in [5, 5.41) is 3.32. The number of ether oxygens (including phenoxy) is 1. The first-order chi connectivity index (χ1) is 8.08. The fourth-order valence-electron chi connectivity index (χ4n) is 1.71. The minimum absolute atomic E-state index is 0.281. The molecule has 0 fully saturated rings. The molecule has 0 aliphatic carbocycles. The monoisotopic (exact) mass is 235 g/mol. The van der Waals surface area contributed by atoms with Crippen LogP contribution in [0.1, 0.15) is 43.0 Å². The van der Waals surface area contributed by atoms with Crippen LogP contribution in [-0.2, 0) is 4.74 Å². The highest BCUT2D eigenvalue weighted by molar-refractivity contribution is 5.31. The highest BCUT2D eigenvalue weighted by Gasteiger charge is 2.11. The summed E-state index contributed by atoms with van der Waals surface area (Å²) in [5.41, 5.74) is 3.98. The number of nitrogens with one attached hydrogen (secondary N) is 1. The second kappa shape index (κ2) is 6.77. The van der Waals surface area contributed by atoms with Gasteiger partial charge in [-0.3, -0.25) is 0 Å². The van der Waals surface area contributed by atoms with Gasteiger partial charge in [0, 0.05) is 0 Å². The number of hydrogen-bond donors (Lipinski definition) is 1. The molecule has 0 aromatic heterocycles. The molecule has 0 amide bonds. The fourth-order valence-corrected chi connectivity index (χ4v) is 1.71. The first-order valence-corrected chi connectivity index (χ1v) is 6.44. The van der Waals surface area contributed by atoms with Crippen molar-refractivity contribution in [1.29, 1.82) is 0 Å². The van der Waals surface area contributed by atoms with Gasteiger partial charge in [0.05, 0.1) is 18.8 Å². The van der Waals surface area contributed by atoms with E-state index < -0.39 is 0 Å². The van der Waals surface area contributed by atoms with Gasteiger partial charge in [0.1, 0.15) is 0 Å². The van der Waals surface area contributed by atoms with Gasteiger partial charge >= 0.3 is 0 Å². The smallest absolute Gasteiger partial charge is 0.0665 e. The van der Waals surface area contributed by atoms with Gasteiger partial charge < -0.3 is 10.1 Å². The van der Waals surface area contributed by atoms with Crippen LogP contribution in [0.15, 0.2) is 18.2 Å². The number of hydrogen-bond acceptors (Lipinski definition) is 2. The van der Waals surface area contributed by atoms with E-state index in [1.165, 1.54) is 16.7 Å². The zero-order chi connectivity index (χ0) is 12.8. The summed E-state index contributed by atoms with van der Waals surface area (Å²) in [6.07, 6.45) is 1.39. The largest absolute Gasteiger partial charge is 0.377 e. The van der Waals surface area contributed by atoms with E-state index in [1.54, 1.807) is 0 Å². The Labute approximate surface area is 105 Å². The van der Waals surface area contributed by atoms with Crippen LogP contribution in [-0.4, -0.2) is 19.8 Å². The summed E-state index contributed by atoms with van der Waals surface area (Å²) in [5.74, 6) is 0. The van der Waals surface area contributed by atoms with E-state index in [0.29, 0.717) is 6.10 Å². The molecule has 1 rings (SSSR count). The summed E-state index contributed by atoms with van der Waals surface area (Å²) in [6.45, 7) is 9.29. The predicted octanol–water partition coefficient (Wildman–Crippen LogP) is 3.38. The average molecular weight is 235 g/mol. The van der Waals surface area contributed by atoms with Gasteiger partial charge in [-0.05, 0) is 50.9 Å². The summed E-state index contributed by atoms with van der Waals surface area (Å²) in [4.78, 5) is 0. The molecule has 0 saturated heterocycles. The third-order valence-electron chi connectivity index (χ3n) is 3.40. The standard InChI is InChI=1S/C15H25NO/c1-6-13(4)17-10-15(16-5)14-8-7-11(2)12(3)9-14/h7-9,13,15-16H,6,10H2,1-5H3. The Balaban J connectivity index is 2.69. The molecule has 0 saturated carbocycles. The lowest BCUT2D eigenvalue weighted by Crippen LogP contribution is -2.24. The second-order valence-corrected chi connectivity index (χ2v) is 4.74. The van der Waals surface area contributed by atoms with E-state index in [-0.39, 0.29) is 6.04 Å². The van der Waals surface area contributed by atoms with E-state index in [4.69, 9.17) is 4.74 Å². The molecule has 0 aliphatic heterocycles. The van der Waals surface area contributed by atoms with Gasteiger partial charge in [-0.25, -0.2) is 0 Å². The lowest BCUT2D eigenvalue weighted by Gasteiger charge is -2.20. The molecule has 2 atom stereocenters. The average Bonchev–Trinajstić information content (AvgIpc) is 2.33. The van der Waals surface area contributed by atoms with E-state index in [2.05, 4.69) is 51.2 Å². The first kappa shape index (κ1) is 14.2. The van der Waals surface area contributed by atoms with Crippen molar-refractivity contribution in [2.75, 3.05) is 13.7 Å². The minimum atomic E-state index is 0.281.